The van der Waals surface area contributed by atoms with Crippen LogP contribution < -0.4 is 0 Å². The molecule has 5 heteroatoms. The van der Waals surface area contributed by atoms with Crippen LogP contribution >= 0.6 is 22.6 Å². The maximum atomic E-state index is 4.06. The average Bonchev–Trinajstić information content (AvgIpc) is 2.45. The molecule has 0 bridgehead atoms. The van der Waals surface area contributed by atoms with E-state index in [2.05, 4.69) is 37.8 Å². The van der Waals surface area contributed by atoms with Crippen molar-refractivity contribution in [2.45, 2.75) is 6.92 Å². The van der Waals surface area contributed by atoms with Crippen LogP contribution in [-0.2, 0) is 0 Å². The third kappa shape index (κ3) is 0.991. The van der Waals surface area contributed by atoms with Gasteiger partial charge in [-0.25, -0.2) is 4.98 Å². The minimum absolute atomic E-state index is 0.825. The molecule has 0 spiro atoms. The highest BCUT2D eigenvalue weighted by molar-refractivity contribution is 14.1. The Hall–Kier alpha value is -0.720. The van der Waals surface area contributed by atoms with Crippen molar-refractivity contribution in [1.29, 1.82) is 0 Å². The summed E-state index contributed by atoms with van der Waals surface area (Å²) < 4.78 is 2.63. The topological polar surface area (TPSA) is 43.1 Å². The molecule has 0 aliphatic rings. The van der Waals surface area contributed by atoms with Gasteiger partial charge in [-0.15, -0.1) is 9.73 Å². The summed E-state index contributed by atoms with van der Waals surface area (Å²) in [5.74, 6) is 0. The van der Waals surface area contributed by atoms with Gasteiger partial charge in [0.1, 0.15) is 6.33 Å². The summed E-state index contributed by atoms with van der Waals surface area (Å²) in [6.07, 6.45) is 3.29. The summed E-state index contributed by atoms with van der Waals surface area (Å²) >= 11 is 2.24. The molecule has 0 saturated heterocycles. The van der Waals surface area contributed by atoms with Gasteiger partial charge in [-0.1, -0.05) is 0 Å². The summed E-state index contributed by atoms with van der Waals surface area (Å²) in [5.41, 5.74) is 1.96. The minimum Gasteiger partial charge on any atom is -0.212 e. The lowest BCUT2D eigenvalue weighted by Gasteiger charge is -1.96. The zero-order valence-corrected chi connectivity index (χ0v) is 7.98. The predicted molar refractivity (Wildman–Crippen MR) is 48.2 cm³/mol. The molecule has 0 unspecified atom stereocenters. The quantitative estimate of drug-likeness (QED) is 0.664. The summed E-state index contributed by atoms with van der Waals surface area (Å²) in [6, 6.07) is 0. The van der Waals surface area contributed by atoms with Crippen LogP contribution in [0.5, 0.6) is 0 Å². The Morgan fingerprint density at radius 3 is 3.09 bits per heavy atom. The number of hydrogen-bond acceptors (Lipinski definition) is 3. The van der Waals surface area contributed by atoms with Crippen LogP contribution in [0.25, 0.3) is 5.65 Å². The Morgan fingerprint density at radius 1 is 1.45 bits per heavy atom. The molecule has 4 nitrogen and oxygen atoms in total. The first-order valence-corrected chi connectivity index (χ1v) is 4.18. The number of aromatic nitrogens is 4. The zero-order chi connectivity index (χ0) is 7.84. The van der Waals surface area contributed by atoms with Crippen molar-refractivity contribution in [3.8, 4) is 0 Å². The van der Waals surface area contributed by atoms with E-state index in [0.29, 0.717) is 0 Å². The molecular formula is C6H5IN4. The first-order valence-electron chi connectivity index (χ1n) is 3.10. The molecule has 11 heavy (non-hydrogen) atoms. The van der Waals surface area contributed by atoms with Crippen molar-refractivity contribution in [3.05, 3.63) is 21.7 Å². The van der Waals surface area contributed by atoms with E-state index >= 15 is 0 Å². The molecule has 0 aliphatic carbocycles. The molecule has 2 heterocycles. The van der Waals surface area contributed by atoms with Gasteiger partial charge in [-0.3, -0.25) is 0 Å². The van der Waals surface area contributed by atoms with Crippen molar-refractivity contribution in [2.75, 3.05) is 0 Å². The van der Waals surface area contributed by atoms with Gasteiger partial charge < -0.3 is 0 Å². The Kier molecular flexibility index (Phi) is 1.52. The highest BCUT2D eigenvalue weighted by atomic mass is 127. The van der Waals surface area contributed by atoms with E-state index in [0.717, 1.165) is 14.8 Å². The Bertz CT molecular complexity index is 394. The van der Waals surface area contributed by atoms with Crippen molar-refractivity contribution in [3.63, 3.8) is 0 Å². The van der Waals surface area contributed by atoms with Gasteiger partial charge in [-0.2, -0.15) is 5.10 Å². The summed E-state index contributed by atoms with van der Waals surface area (Å²) in [7, 11) is 0. The first kappa shape index (κ1) is 6.96. The summed E-state index contributed by atoms with van der Waals surface area (Å²) in [6.45, 7) is 2.00. The molecule has 0 N–H and O–H groups in total. The SMILES string of the molecule is Cc1cnn2ncnc2c1I. The predicted octanol–water partition coefficient (Wildman–Crippen LogP) is 1.04. The fraction of sp³-hybridized carbons (Fsp3) is 0.167. The second-order valence-electron chi connectivity index (χ2n) is 2.21. The molecule has 2 aromatic heterocycles. The van der Waals surface area contributed by atoms with E-state index < -0.39 is 0 Å². The molecule has 56 valence electrons. The number of halogens is 1. The van der Waals surface area contributed by atoms with Gasteiger partial charge in [0.15, 0.2) is 5.65 Å². The molecule has 0 atom stereocenters. The third-order valence-corrected chi connectivity index (χ3v) is 2.77. The number of hydrogen-bond donors (Lipinski definition) is 0. The molecule has 0 amide bonds. The molecular weight excluding hydrogens is 255 g/mol. The largest absolute Gasteiger partial charge is 0.212 e. The van der Waals surface area contributed by atoms with Gasteiger partial charge in [0.25, 0.3) is 0 Å². The van der Waals surface area contributed by atoms with E-state index in [1.165, 1.54) is 11.0 Å². The van der Waals surface area contributed by atoms with Gasteiger partial charge in [0.05, 0.1) is 9.77 Å². The summed E-state index contributed by atoms with van der Waals surface area (Å²) in [4.78, 5) is 4.06. The van der Waals surface area contributed by atoms with E-state index in [1.54, 1.807) is 6.20 Å². The standard InChI is InChI=1S/C6H5IN4/c1-4-2-9-11-6(5(4)7)8-3-10-11/h2-3H,1H3. The second-order valence-corrected chi connectivity index (χ2v) is 3.29. The van der Waals surface area contributed by atoms with Crippen molar-refractivity contribution < 1.29 is 0 Å². The molecule has 0 radical (unpaired) electrons. The third-order valence-electron chi connectivity index (χ3n) is 1.43. The van der Waals surface area contributed by atoms with Crippen molar-refractivity contribution in [1.82, 2.24) is 19.8 Å². The number of aryl methyl sites for hydroxylation is 1. The van der Waals surface area contributed by atoms with E-state index in [1.807, 2.05) is 6.92 Å². The number of rotatable bonds is 0. The lowest BCUT2D eigenvalue weighted by atomic mass is 10.3. The Morgan fingerprint density at radius 2 is 2.27 bits per heavy atom. The molecule has 2 rings (SSSR count). The lowest BCUT2D eigenvalue weighted by Crippen LogP contribution is -1.96. The summed E-state index contributed by atoms with van der Waals surface area (Å²) in [5, 5.41) is 7.95. The molecule has 0 saturated carbocycles. The first-order chi connectivity index (χ1) is 5.29. The lowest BCUT2D eigenvalue weighted by molar-refractivity contribution is 0.792. The molecule has 0 fully saturated rings. The van der Waals surface area contributed by atoms with E-state index in [9.17, 15) is 0 Å². The average molecular weight is 260 g/mol. The molecule has 2 aromatic rings. The molecule has 0 aromatic carbocycles. The van der Waals surface area contributed by atoms with Gasteiger partial charge >= 0.3 is 0 Å². The van der Waals surface area contributed by atoms with Crippen LogP contribution in [0.1, 0.15) is 5.56 Å². The second kappa shape index (κ2) is 2.40. The molecule has 0 aliphatic heterocycles. The fourth-order valence-electron chi connectivity index (χ4n) is 0.839. The number of nitrogens with zero attached hydrogens (tertiary/aromatic N) is 4. The van der Waals surface area contributed by atoms with Crippen LogP contribution in [0, 0.1) is 10.5 Å². The highest BCUT2D eigenvalue weighted by Crippen LogP contribution is 2.12. The smallest absolute Gasteiger partial charge is 0.189 e. The fourth-order valence-corrected chi connectivity index (χ4v) is 1.33. The van der Waals surface area contributed by atoms with Crippen LogP contribution in [0.2, 0.25) is 0 Å². The van der Waals surface area contributed by atoms with E-state index in [-0.39, 0.29) is 0 Å². The maximum Gasteiger partial charge on any atom is 0.189 e. The highest BCUT2D eigenvalue weighted by Gasteiger charge is 2.03. The minimum atomic E-state index is 0.825. The van der Waals surface area contributed by atoms with Gasteiger partial charge in [0, 0.05) is 0 Å². The van der Waals surface area contributed by atoms with Crippen LogP contribution in [0.15, 0.2) is 12.5 Å². The maximum absolute atomic E-state index is 4.06. The van der Waals surface area contributed by atoms with Gasteiger partial charge in [-0.05, 0) is 35.1 Å². The van der Waals surface area contributed by atoms with Crippen LogP contribution in [0.4, 0.5) is 0 Å². The van der Waals surface area contributed by atoms with E-state index in [4.69, 9.17) is 0 Å². The normalized spacial score (nSPS) is 10.7. The van der Waals surface area contributed by atoms with Crippen molar-refractivity contribution in [2.24, 2.45) is 0 Å². The van der Waals surface area contributed by atoms with Crippen LogP contribution in [0.3, 0.4) is 0 Å². The Labute approximate surface area is 76.8 Å². The zero-order valence-electron chi connectivity index (χ0n) is 5.82. The van der Waals surface area contributed by atoms with Crippen LogP contribution in [-0.4, -0.2) is 19.8 Å². The monoisotopic (exact) mass is 260 g/mol. The van der Waals surface area contributed by atoms with Gasteiger partial charge in [0.2, 0.25) is 0 Å². The van der Waals surface area contributed by atoms with Crippen molar-refractivity contribution >= 4 is 28.2 Å². The Balaban J connectivity index is 2.93. The number of fused-ring (bicyclic) bond motifs is 1.